The number of methoxy groups -OCH3 is 1. The van der Waals surface area contributed by atoms with Crippen molar-refractivity contribution in [2.75, 3.05) is 26.7 Å². The molecule has 1 saturated heterocycles. The number of aryl methyl sites for hydroxylation is 1. The Balaban J connectivity index is 1.30. The van der Waals surface area contributed by atoms with Gasteiger partial charge in [-0.1, -0.05) is 12.1 Å². The zero-order valence-corrected chi connectivity index (χ0v) is 18.0. The minimum absolute atomic E-state index is 0.000134. The molecule has 1 aliphatic rings. The van der Waals surface area contributed by atoms with Gasteiger partial charge in [-0.3, -0.25) is 9.78 Å². The van der Waals surface area contributed by atoms with Gasteiger partial charge in [0.15, 0.2) is 0 Å². The molecule has 1 aromatic carbocycles. The Morgan fingerprint density at radius 1 is 1.13 bits per heavy atom. The second kappa shape index (κ2) is 9.76. The van der Waals surface area contributed by atoms with E-state index in [1.807, 2.05) is 22.8 Å². The van der Waals surface area contributed by atoms with Crippen molar-refractivity contribution in [3.05, 3.63) is 70.1 Å². The molecule has 4 rings (SSSR count). The molecule has 3 heterocycles. The summed E-state index contributed by atoms with van der Waals surface area (Å²) in [5.41, 5.74) is 3.66. The van der Waals surface area contributed by atoms with Crippen LogP contribution in [-0.2, 0) is 13.0 Å². The third-order valence-electron chi connectivity index (χ3n) is 6.32. The standard InChI is InChI=1S/C25H28N4O2/c1-31-22-16-24-23(27-18-22)8-9-25(30)29(24)15-14-28-12-10-20(11-13-28)3-2-19-4-6-21(17-26)7-5-19/h4-9,16,18,20H,2-3,10-15H2,1H3. The summed E-state index contributed by atoms with van der Waals surface area (Å²) in [5, 5.41) is 8.91. The van der Waals surface area contributed by atoms with Gasteiger partial charge in [0, 0.05) is 25.2 Å². The molecule has 1 fully saturated rings. The van der Waals surface area contributed by atoms with E-state index >= 15 is 0 Å². The lowest BCUT2D eigenvalue weighted by Crippen LogP contribution is -2.37. The Hall–Kier alpha value is -3.17. The zero-order chi connectivity index (χ0) is 21.6. The molecule has 0 saturated carbocycles. The van der Waals surface area contributed by atoms with Gasteiger partial charge in [-0.2, -0.15) is 5.26 Å². The van der Waals surface area contributed by atoms with E-state index in [4.69, 9.17) is 10.00 Å². The molecule has 0 N–H and O–H groups in total. The fourth-order valence-electron chi connectivity index (χ4n) is 4.35. The second-order valence-corrected chi connectivity index (χ2v) is 8.24. The maximum Gasteiger partial charge on any atom is 0.251 e. The van der Waals surface area contributed by atoms with E-state index < -0.39 is 0 Å². The summed E-state index contributed by atoms with van der Waals surface area (Å²) in [6, 6.07) is 15.4. The van der Waals surface area contributed by atoms with Crippen LogP contribution in [0, 0.1) is 17.2 Å². The van der Waals surface area contributed by atoms with Gasteiger partial charge in [0.1, 0.15) is 5.75 Å². The predicted octanol–water partition coefficient (Wildman–Crippen LogP) is 3.62. The highest BCUT2D eigenvalue weighted by atomic mass is 16.5. The molecule has 6 nitrogen and oxygen atoms in total. The summed E-state index contributed by atoms with van der Waals surface area (Å²) in [6.07, 6.45) is 6.32. The monoisotopic (exact) mass is 416 g/mol. The molecule has 0 atom stereocenters. The highest BCUT2D eigenvalue weighted by molar-refractivity contribution is 5.75. The number of nitrogens with zero attached hydrogens (tertiary/aromatic N) is 4. The van der Waals surface area contributed by atoms with E-state index in [2.05, 4.69) is 28.1 Å². The van der Waals surface area contributed by atoms with Crippen LogP contribution in [0.3, 0.4) is 0 Å². The largest absolute Gasteiger partial charge is 0.495 e. The van der Waals surface area contributed by atoms with Crippen LogP contribution >= 0.6 is 0 Å². The molecule has 0 spiro atoms. The van der Waals surface area contributed by atoms with E-state index in [1.54, 1.807) is 25.4 Å². The van der Waals surface area contributed by atoms with Crippen LogP contribution in [0.1, 0.15) is 30.4 Å². The number of hydrogen-bond acceptors (Lipinski definition) is 5. The number of pyridine rings is 2. The van der Waals surface area contributed by atoms with Crippen LogP contribution in [0.2, 0.25) is 0 Å². The molecule has 0 aliphatic carbocycles. The molecule has 160 valence electrons. The fraction of sp³-hybridized carbons (Fsp3) is 0.400. The maximum atomic E-state index is 12.5. The molecule has 0 amide bonds. The number of rotatable bonds is 7. The Kier molecular flexibility index (Phi) is 6.63. The van der Waals surface area contributed by atoms with Crippen LogP contribution in [0.15, 0.2) is 53.5 Å². The van der Waals surface area contributed by atoms with Crippen molar-refractivity contribution >= 4 is 11.0 Å². The predicted molar refractivity (Wildman–Crippen MR) is 121 cm³/mol. The first-order valence-corrected chi connectivity index (χ1v) is 10.9. The Bertz CT molecular complexity index is 1120. The lowest BCUT2D eigenvalue weighted by Gasteiger charge is -2.32. The molecule has 0 bridgehead atoms. The van der Waals surface area contributed by atoms with Crippen molar-refractivity contribution in [2.24, 2.45) is 5.92 Å². The number of fused-ring (bicyclic) bond motifs is 1. The van der Waals surface area contributed by atoms with Gasteiger partial charge < -0.3 is 14.2 Å². The van der Waals surface area contributed by atoms with Crippen molar-refractivity contribution in [3.63, 3.8) is 0 Å². The van der Waals surface area contributed by atoms with Gasteiger partial charge in [0.05, 0.1) is 36.0 Å². The normalized spacial score (nSPS) is 15.1. The van der Waals surface area contributed by atoms with Crippen molar-refractivity contribution in [3.8, 4) is 11.8 Å². The first-order valence-electron chi connectivity index (χ1n) is 10.9. The number of aromatic nitrogens is 2. The van der Waals surface area contributed by atoms with Crippen LogP contribution in [0.5, 0.6) is 5.75 Å². The highest BCUT2D eigenvalue weighted by Crippen LogP contribution is 2.23. The number of nitriles is 1. The summed E-state index contributed by atoms with van der Waals surface area (Å²) in [5.74, 6) is 1.40. The minimum Gasteiger partial charge on any atom is -0.495 e. The van der Waals surface area contributed by atoms with Gasteiger partial charge in [0.25, 0.3) is 5.56 Å². The van der Waals surface area contributed by atoms with Crippen molar-refractivity contribution in [1.82, 2.24) is 14.5 Å². The first-order chi connectivity index (χ1) is 15.2. The second-order valence-electron chi connectivity index (χ2n) is 8.24. The molecular formula is C25H28N4O2. The zero-order valence-electron chi connectivity index (χ0n) is 18.0. The van der Waals surface area contributed by atoms with E-state index in [0.29, 0.717) is 12.3 Å². The summed E-state index contributed by atoms with van der Waals surface area (Å²) < 4.78 is 7.09. The van der Waals surface area contributed by atoms with E-state index in [0.717, 1.165) is 48.6 Å². The Labute approximate surface area is 182 Å². The van der Waals surface area contributed by atoms with Gasteiger partial charge in [-0.05, 0) is 68.5 Å². The van der Waals surface area contributed by atoms with Crippen LogP contribution in [0.4, 0.5) is 0 Å². The molecule has 0 unspecified atom stereocenters. The number of likely N-dealkylation sites (tertiary alicyclic amines) is 1. The highest BCUT2D eigenvalue weighted by Gasteiger charge is 2.19. The smallest absolute Gasteiger partial charge is 0.251 e. The minimum atomic E-state index is -0.000134. The Morgan fingerprint density at radius 3 is 2.61 bits per heavy atom. The van der Waals surface area contributed by atoms with Crippen LogP contribution < -0.4 is 10.3 Å². The first kappa shape index (κ1) is 21.1. The number of hydrogen-bond donors (Lipinski definition) is 0. The van der Waals surface area contributed by atoms with E-state index in [-0.39, 0.29) is 5.56 Å². The quantitative estimate of drug-likeness (QED) is 0.588. The lowest BCUT2D eigenvalue weighted by atomic mass is 9.90. The molecule has 6 heteroatoms. The molecule has 1 aliphatic heterocycles. The molecular weight excluding hydrogens is 388 g/mol. The average molecular weight is 417 g/mol. The average Bonchev–Trinajstić information content (AvgIpc) is 2.82. The number of benzene rings is 1. The van der Waals surface area contributed by atoms with Gasteiger partial charge in [0.2, 0.25) is 0 Å². The van der Waals surface area contributed by atoms with Crippen LogP contribution in [0.25, 0.3) is 11.0 Å². The third-order valence-corrected chi connectivity index (χ3v) is 6.32. The van der Waals surface area contributed by atoms with Crippen LogP contribution in [-0.4, -0.2) is 41.2 Å². The SMILES string of the molecule is COc1cnc2ccc(=O)n(CCN3CCC(CCc4ccc(C#N)cc4)CC3)c2c1. The lowest BCUT2D eigenvalue weighted by molar-refractivity contribution is 0.174. The van der Waals surface area contributed by atoms with Crippen molar-refractivity contribution < 1.29 is 4.74 Å². The third kappa shape index (κ3) is 5.12. The van der Waals surface area contributed by atoms with Gasteiger partial charge in [-0.15, -0.1) is 0 Å². The number of piperidine rings is 1. The summed E-state index contributed by atoms with van der Waals surface area (Å²) >= 11 is 0. The fourth-order valence-corrected chi connectivity index (χ4v) is 4.35. The van der Waals surface area contributed by atoms with Crippen molar-refractivity contribution in [1.29, 1.82) is 5.26 Å². The summed E-state index contributed by atoms with van der Waals surface area (Å²) in [4.78, 5) is 19.3. The van der Waals surface area contributed by atoms with Gasteiger partial charge in [-0.25, -0.2) is 0 Å². The summed E-state index contributed by atoms with van der Waals surface area (Å²) in [7, 11) is 1.61. The maximum absolute atomic E-state index is 12.5. The van der Waals surface area contributed by atoms with Crippen molar-refractivity contribution in [2.45, 2.75) is 32.2 Å². The summed E-state index contributed by atoms with van der Waals surface area (Å²) in [6.45, 7) is 3.65. The molecule has 2 aromatic heterocycles. The van der Waals surface area contributed by atoms with E-state index in [9.17, 15) is 4.79 Å². The number of ether oxygens (including phenoxy) is 1. The topological polar surface area (TPSA) is 71.2 Å². The molecule has 3 aromatic rings. The molecule has 0 radical (unpaired) electrons. The molecule has 31 heavy (non-hydrogen) atoms. The Morgan fingerprint density at radius 2 is 1.90 bits per heavy atom. The van der Waals surface area contributed by atoms with Gasteiger partial charge >= 0.3 is 0 Å². The van der Waals surface area contributed by atoms with E-state index in [1.165, 1.54) is 24.8 Å².